The third-order valence-corrected chi connectivity index (χ3v) is 4.84. The van der Waals surface area contributed by atoms with Gasteiger partial charge in [-0.15, -0.1) is 0 Å². The van der Waals surface area contributed by atoms with Crippen LogP contribution in [0.15, 0.2) is 35.2 Å². The van der Waals surface area contributed by atoms with Gasteiger partial charge in [-0.3, -0.25) is 19.8 Å². The van der Waals surface area contributed by atoms with Crippen molar-refractivity contribution in [3.63, 3.8) is 0 Å². The third kappa shape index (κ3) is 3.66. The lowest BCUT2D eigenvalue weighted by molar-refractivity contribution is 0.0335. The van der Waals surface area contributed by atoms with Crippen molar-refractivity contribution in [1.29, 1.82) is 0 Å². The Bertz CT molecular complexity index is 640. The first-order valence-corrected chi connectivity index (χ1v) is 8.76. The molecule has 6 nitrogen and oxygen atoms in total. The van der Waals surface area contributed by atoms with E-state index in [1.165, 1.54) is 6.42 Å². The lowest BCUT2D eigenvalue weighted by atomic mass is 10.1. The zero-order chi connectivity index (χ0) is 16.2. The molecule has 2 saturated heterocycles. The van der Waals surface area contributed by atoms with Gasteiger partial charge in [-0.1, -0.05) is 0 Å². The van der Waals surface area contributed by atoms with Crippen molar-refractivity contribution < 1.29 is 9.15 Å². The minimum atomic E-state index is 0.340. The standard InChI is InChI=1S/C18H24N4O2/c1-4-18(22(5-1)14-16-3-2-8-24-16)17-12-19-11-15(20-17)13-21-6-9-23-10-7-21/h2-3,8,11-12,18H,1,4-7,9-10,13-14H2/t18-/m0/s1. The van der Waals surface area contributed by atoms with Gasteiger partial charge in [0.1, 0.15) is 5.76 Å². The molecule has 0 radical (unpaired) electrons. The number of hydrogen-bond donors (Lipinski definition) is 0. The van der Waals surface area contributed by atoms with Crippen LogP contribution >= 0.6 is 0 Å². The van der Waals surface area contributed by atoms with E-state index in [2.05, 4.69) is 14.8 Å². The average Bonchev–Trinajstić information content (AvgIpc) is 3.28. The molecule has 2 aromatic heterocycles. The number of ether oxygens (including phenoxy) is 1. The first-order valence-electron chi connectivity index (χ1n) is 8.76. The molecular formula is C18H24N4O2. The maximum atomic E-state index is 5.51. The Hall–Kier alpha value is -1.76. The summed E-state index contributed by atoms with van der Waals surface area (Å²) in [5.41, 5.74) is 2.14. The Morgan fingerprint density at radius 1 is 1.12 bits per heavy atom. The normalized spacial score (nSPS) is 22.9. The molecule has 2 aliphatic rings. The number of likely N-dealkylation sites (tertiary alicyclic amines) is 1. The molecule has 4 rings (SSSR count). The van der Waals surface area contributed by atoms with Crippen LogP contribution in [0.1, 0.15) is 36.0 Å². The van der Waals surface area contributed by atoms with Crippen molar-refractivity contribution in [2.24, 2.45) is 0 Å². The molecule has 1 atom stereocenters. The number of rotatable bonds is 5. The Morgan fingerprint density at radius 2 is 2.04 bits per heavy atom. The van der Waals surface area contributed by atoms with Gasteiger partial charge in [0.2, 0.25) is 0 Å². The van der Waals surface area contributed by atoms with Crippen molar-refractivity contribution in [2.75, 3.05) is 32.8 Å². The zero-order valence-electron chi connectivity index (χ0n) is 13.9. The van der Waals surface area contributed by atoms with E-state index in [9.17, 15) is 0 Å². The fourth-order valence-corrected chi connectivity index (χ4v) is 3.60. The Kier molecular flexibility index (Phi) is 4.87. The van der Waals surface area contributed by atoms with Crippen LogP contribution in [0.5, 0.6) is 0 Å². The number of morpholine rings is 1. The quantitative estimate of drug-likeness (QED) is 0.839. The first-order chi connectivity index (χ1) is 11.9. The fraction of sp³-hybridized carbons (Fsp3) is 0.556. The molecule has 0 aliphatic carbocycles. The molecule has 0 spiro atoms. The molecule has 0 aromatic carbocycles. The maximum Gasteiger partial charge on any atom is 0.117 e. The van der Waals surface area contributed by atoms with Crippen LogP contribution < -0.4 is 0 Å². The van der Waals surface area contributed by atoms with E-state index in [1.54, 1.807) is 6.26 Å². The van der Waals surface area contributed by atoms with Gasteiger partial charge in [0.25, 0.3) is 0 Å². The van der Waals surface area contributed by atoms with Crippen LogP contribution in [-0.4, -0.2) is 52.6 Å². The number of furan rings is 1. The second-order valence-electron chi connectivity index (χ2n) is 6.53. The summed E-state index contributed by atoms with van der Waals surface area (Å²) < 4.78 is 10.9. The molecule has 2 fully saturated rings. The summed E-state index contributed by atoms with van der Waals surface area (Å²) in [5, 5.41) is 0. The van der Waals surface area contributed by atoms with Gasteiger partial charge >= 0.3 is 0 Å². The van der Waals surface area contributed by atoms with Gasteiger partial charge in [0.15, 0.2) is 0 Å². The van der Waals surface area contributed by atoms with E-state index in [0.717, 1.165) is 69.5 Å². The summed E-state index contributed by atoms with van der Waals surface area (Å²) in [6.07, 6.45) is 7.89. The maximum absolute atomic E-state index is 5.51. The number of nitrogens with zero attached hydrogens (tertiary/aromatic N) is 4. The van der Waals surface area contributed by atoms with Crippen molar-refractivity contribution in [3.8, 4) is 0 Å². The topological polar surface area (TPSA) is 54.6 Å². The molecule has 0 saturated carbocycles. The molecule has 2 aromatic rings. The molecule has 0 amide bonds. The van der Waals surface area contributed by atoms with Crippen molar-refractivity contribution in [2.45, 2.75) is 32.0 Å². The summed E-state index contributed by atoms with van der Waals surface area (Å²) in [6.45, 7) is 6.35. The van der Waals surface area contributed by atoms with Crippen LogP contribution in [-0.2, 0) is 17.8 Å². The lowest BCUT2D eigenvalue weighted by Gasteiger charge is -2.27. The minimum Gasteiger partial charge on any atom is -0.468 e. The fourth-order valence-electron chi connectivity index (χ4n) is 3.60. The number of hydrogen-bond acceptors (Lipinski definition) is 6. The predicted molar refractivity (Wildman–Crippen MR) is 89.2 cm³/mol. The van der Waals surface area contributed by atoms with E-state index < -0.39 is 0 Å². The van der Waals surface area contributed by atoms with Gasteiger partial charge in [-0.2, -0.15) is 0 Å². The van der Waals surface area contributed by atoms with E-state index >= 15 is 0 Å². The van der Waals surface area contributed by atoms with Gasteiger partial charge in [0.05, 0.1) is 43.5 Å². The van der Waals surface area contributed by atoms with Crippen molar-refractivity contribution >= 4 is 0 Å². The molecule has 4 heterocycles. The highest BCUT2D eigenvalue weighted by molar-refractivity contribution is 5.11. The summed E-state index contributed by atoms with van der Waals surface area (Å²) in [7, 11) is 0. The SMILES string of the molecule is c1coc(CN2CCC[C@H]2c2cncc(CN3CCOCC3)n2)c1. The van der Waals surface area contributed by atoms with Gasteiger partial charge < -0.3 is 9.15 Å². The molecule has 128 valence electrons. The summed E-state index contributed by atoms with van der Waals surface area (Å²) >= 11 is 0. The van der Waals surface area contributed by atoms with Crippen LogP contribution in [0.3, 0.4) is 0 Å². The monoisotopic (exact) mass is 328 g/mol. The predicted octanol–water partition coefficient (Wildman–Crippen LogP) is 2.24. The molecule has 6 heteroatoms. The van der Waals surface area contributed by atoms with Gasteiger partial charge in [-0.25, -0.2) is 0 Å². The summed E-state index contributed by atoms with van der Waals surface area (Å²) in [5.74, 6) is 1.01. The average molecular weight is 328 g/mol. The highest BCUT2D eigenvalue weighted by Gasteiger charge is 2.28. The van der Waals surface area contributed by atoms with Crippen molar-refractivity contribution in [3.05, 3.63) is 47.9 Å². The third-order valence-electron chi connectivity index (χ3n) is 4.84. The highest BCUT2D eigenvalue weighted by Crippen LogP contribution is 2.32. The Morgan fingerprint density at radius 3 is 2.88 bits per heavy atom. The molecule has 0 bridgehead atoms. The second-order valence-corrected chi connectivity index (χ2v) is 6.53. The summed E-state index contributed by atoms with van der Waals surface area (Å²) in [4.78, 5) is 14.2. The van der Waals surface area contributed by atoms with E-state index in [-0.39, 0.29) is 0 Å². The second kappa shape index (κ2) is 7.42. The first kappa shape index (κ1) is 15.7. The van der Waals surface area contributed by atoms with Gasteiger partial charge in [0, 0.05) is 32.0 Å². The number of aromatic nitrogens is 2. The van der Waals surface area contributed by atoms with E-state index in [4.69, 9.17) is 14.1 Å². The minimum absolute atomic E-state index is 0.340. The zero-order valence-corrected chi connectivity index (χ0v) is 13.9. The summed E-state index contributed by atoms with van der Waals surface area (Å²) in [6, 6.07) is 4.33. The Balaban J connectivity index is 1.45. The molecule has 0 unspecified atom stereocenters. The van der Waals surface area contributed by atoms with Gasteiger partial charge in [-0.05, 0) is 31.5 Å². The van der Waals surface area contributed by atoms with E-state index in [0.29, 0.717) is 6.04 Å². The van der Waals surface area contributed by atoms with Crippen LogP contribution in [0.25, 0.3) is 0 Å². The smallest absolute Gasteiger partial charge is 0.117 e. The largest absolute Gasteiger partial charge is 0.468 e. The van der Waals surface area contributed by atoms with Crippen LogP contribution in [0.4, 0.5) is 0 Å². The van der Waals surface area contributed by atoms with Crippen LogP contribution in [0.2, 0.25) is 0 Å². The lowest BCUT2D eigenvalue weighted by Crippen LogP contribution is -2.36. The highest BCUT2D eigenvalue weighted by atomic mass is 16.5. The molecule has 0 N–H and O–H groups in total. The molecule has 24 heavy (non-hydrogen) atoms. The molecule has 2 aliphatic heterocycles. The molecular weight excluding hydrogens is 304 g/mol. The van der Waals surface area contributed by atoms with Crippen LogP contribution in [0, 0.1) is 0 Å². The van der Waals surface area contributed by atoms with E-state index in [1.807, 2.05) is 24.5 Å². The van der Waals surface area contributed by atoms with Crippen molar-refractivity contribution in [1.82, 2.24) is 19.8 Å². The Labute approximate surface area is 142 Å².